The molecule has 124 valence electrons. The van der Waals surface area contributed by atoms with E-state index in [2.05, 4.69) is 26.0 Å². The molecule has 1 aromatic carbocycles. The largest absolute Gasteiger partial charge is 0.399 e. The minimum Gasteiger partial charge on any atom is -0.392 e. The molecule has 4 nitrogen and oxygen atoms in total. The van der Waals surface area contributed by atoms with Crippen LogP contribution in [0.25, 0.3) is 0 Å². The summed E-state index contributed by atoms with van der Waals surface area (Å²) in [6.07, 6.45) is 0.870. The van der Waals surface area contributed by atoms with Crippen molar-refractivity contribution in [3.63, 3.8) is 0 Å². The Kier molecular flexibility index (Phi) is 6.17. The fourth-order valence-corrected chi connectivity index (χ4v) is 6.32. The summed E-state index contributed by atoms with van der Waals surface area (Å²) < 4.78 is 24.7. The fraction of sp³-hybridized carbons (Fsp3) is 0.647. The SMILES string of the molecule is CCO[Si](CC)(OC(C)c1ccccc1)C1(C)OCCCO1. The zero-order valence-corrected chi connectivity index (χ0v) is 15.1. The lowest BCUT2D eigenvalue weighted by Crippen LogP contribution is -2.65. The van der Waals surface area contributed by atoms with Crippen molar-refractivity contribution in [1.82, 2.24) is 0 Å². The molecule has 1 heterocycles. The molecule has 1 aliphatic heterocycles. The lowest BCUT2D eigenvalue weighted by atomic mass is 10.1. The maximum Gasteiger partial charge on any atom is 0.399 e. The minimum absolute atomic E-state index is 0.0506. The predicted molar refractivity (Wildman–Crippen MR) is 88.7 cm³/mol. The summed E-state index contributed by atoms with van der Waals surface area (Å²) in [5, 5.41) is 0. The summed E-state index contributed by atoms with van der Waals surface area (Å²) in [6, 6.07) is 11.0. The van der Waals surface area contributed by atoms with Crippen molar-refractivity contribution in [3.05, 3.63) is 35.9 Å². The molecule has 0 saturated carbocycles. The van der Waals surface area contributed by atoms with Crippen LogP contribution in [-0.4, -0.2) is 33.8 Å². The van der Waals surface area contributed by atoms with E-state index in [1.807, 2.05) is 32.0 Å². The normalized spacial score (nSPS) is 22.0. The Hall–Kier alpha value is -0.723. The summed E-state index contributed by atoms with van der Waals surface area (Å²) in [4.78, 5) is 0. The average molecular weight is 324 g/mol. The van der Waals surface area contributed by atoms with Crippen molar-refractivity contribution in [2.24, 2.45) is 0 Å². The van der Waals surface area contributed by atoms with E-state index in [1.54, 1.807) is 0 Å². The molecule has 1 aliphatic rings. The molecular weight excluding hydrogens is 296 g/mol. The van der Waals surface area contributed by atoms with E-state index in [-0.39, 0.29) is 6.10 Å². The molecule has 0 aliphatic carbocycles. The van der Waals surface area contributed by atoms with Crippen LogP contribution in [0.2, 0.25) is 6.04 Å². The summed E-state index contributed by atoms with van der Waals surface area (Å²) in [5.41, 5.74) is 0.394. The van der Waals surface area contributed by atoms with Crippen LogP contribution in [0.5, 0.6) is 0 Å². The van der Waals surface area contributed by atoms with E-state index in [4.69, 9.17) is 18.3 Å². The van der Waals surface area contributed by atoms with Gasteiger partial charge < -0.3 is 18.3 Å². The summed E-state index contributed by atoms with van der Waals surface area (Å²) >= 11 is 0. The van der Waals surface area contributed by atoms with Crippen molar-refractivity contribution in [2.75, 3.05) is 19.8 Å². The van der Waals surface area contributed by atoms with Gasteiger partial charge in [-0.1, -0.05) is 37.3 Å². The zero-order valence-electron chi connectivity index (χ0n) is 14.1. The number of hydrogen-bond acceptors (Lipinski definition) is 4. The molecule has 22 heavy (non-hydrogen) atoms. The maximum atomic E-state index is 6.52. The maximum absolute atomic E-state index is 6.52. The molecule has 1 saturated heterocycles. The van der Waals surface area contributed by atoms with Crippen LogP contribution in [0, 0.1) is 0 Å². The van der Waals surface area contributed by atoms with Gasteiger partial charge in [-0.2, -0.15) is 0 Å². The van der Waals surface area contributed by atoms with Gasteiger partial charge in [0, 0.05) is 6.61 Å². The smallest absolute Gasteiger partial charge is 0.392 e. The van der Waals surface area contributed by atoms with Crippen LogP contribution in [0.1, 0.15) is 45.8 Å². The van der Waals surface area contributed by atoms with Gasteiger partial charge in [-0.25, -0.2) is 0 Å². The predicted octanol–water partition coefficient (Wildman–Crippen LogP) is 3.96. The average Bonchev–Trinajstić information content (AvgIpc) is 2.55. The van der Waals surface area contributed by atoms with Crippen LogP contribution >= 0.6 is 0 Å². The Morgan fingerprint density at radius 3 is 2.36 bits per heavy atom. The van der Waals surface area contributed by atoms with Crippen molar-refractivity contribution in [2.45, 2.75) is 51.7 Å². The van der Waals surface area contributed by atoms with E-state index in [9.17, 15) is 0 Å². The van der Waals surface area contributed by atoms with E-state index < -0.39 is 14.0 Å². The Balaban J connectivity index is 2.24. The highest BCUT2D eigenvalue weighted by Crippen LogP contribution is 2.37. The lowest BCUT2D eigenvalue weighted by Gasteiger charge is -2.46. The van der Waals surface area contributed by atoms with Crippen LogP contribution in [0.3, 0.4) is 0 Å². The highest BCUT2D eigenvalue weighted by molar-refractivity contribution is 6.70. The molecule has 5 heteroatoms. The third-order valence-corrected chi connectivity index (χ3v) is 8.31. The molecule has 0 aromatic heterocycles. The van der Waals surface area contributed by atoms with Gasteiger partial charge in [-0.3, -0.25) is 0 Å². The van der Waals surface area contributed by atoms with Crippen LogP contribution in [0.15, 0.2) is 30.3 Å². The monoisotopic (exact) mass is 324 g/mol. The van der Waals surface area contributed by atoms with Gasteiger partial charge in [0.25, 0.3) is 0 Å². The third-order valence-electron chi connectivity index (χ3n) is 4.21. The topological polar surface area (TPSA) is 36.9 Å². The number of benzene rings is 1. The van der Waals surface area contributed by atoms with Crippen molar-refractivity contribution < 1.29 is 18.3 Å². The minimum atomic E-state index is -2.68. The van der Waals surface area contributed by atoms with Crippen LogP contribution in [-0.2, 0) is 18.3 Å². The molecule has 2 atom stereocenters. The lowest BCUT2D eigenvalue weighted by molar-refractivity contribution is -0.229. The number of ether oxygens (including phenoxy) is 2. The van der Waals surface area contributed by atoms with Gasteiger partial charge >= 0.3 is 8.56 Å². The molecule has 1 aromatic rings. The van der Waals surface area contributed by atoms with E-state index in [1.165, 1.54) is 0 Å². The number of rotatable bonds is 7. The van der Waals surface area contributed by atoms with Crippen molar-refractivity contribution in [3.8, 4) is 0 Å². The summed E-state index contributed by atoms with van der Waals surface area (Å²) in [7, 11) is -2.68. The Morgan fingerprint density at radius 2 is 1.82 bits per heavy atom. The van der Waals surface area contributed by atoms with Gasteiger partial charge in [-0.15, -0.1) is 0 Å². The fourth-order valence-electron chi connectivity index (χ4n) is 2.94. The van der Waals surface area contributed by atoms with Gasteiger partial charge in [0.15, 0.2) is 0 Å². The molecule has 0 bridgehead atoms. The second-order valence-electron chi connectivity index (χ2n) is 5.71. The molecule has 2 unspecified atom stereocenters. The molecule has 0 radical (unpaired) electrons. The molecule has 0 N–H and O–H groups in total. The van der Waals surface area contributed by atoms with Crippen molar-refractivity contribution in [1.29, 1.82) is 0 Å². The Labute approximate surface area is 135 Å². The van der Waals surface area contributed by atoms with Gasteiger partial charge in [0.05, 0.1) is 19.3 Å². The second kappa shape index (κ2) is 7.70. The van der Waals surface area contributed by atoms with Crippen LogP contribution in [0.4, 0.5) is 0 Å². The van der Waals surface area contributed by atoms with E-state index in [0.29, 0.717) is 19.8 Å². The number of hydrogen-bond donors (Lipinski definition) is 0. The Bertz CT molecular complexity index is 447. The van der Waals surface area contributed by atoms with Gasteiger partial charge in [0.2, 0.25) is 5.41 Å². The molecule has 0 amide bonds. The standard InChI is InChI=1S/C17H28O4Si/c1-5-20-22(6-2,17(4)18-13-10-14-19-17)21-15(3)16-11-8-7-9-12-16/h7-9,11-12,15H,5-6,10,13-14H2,1-4H3. The first-order valence-corrected chi connectivity index (χ1v) is 10.2. The molecular formula is C17H28O4Si. The molecule has 1 fully saturated rings. The summed E-state index contributed by atoms with van der Waals surface area (Å²) in [5.74, 6) is 0. The second-order valence-corrected chi connectivity index (χ2v) is 9.35. The first-order valence-electron chi connectivity index (χ1n) is 8.21. The highest BCUT2D eigenvalue weighted by atomic mass is 28.4. The first-order chi connectivity index (χ1) is 10.6. The van der Waals surface area contributed by atoms with E-state index in [0.717, 1.165) is 18.0 Å². The van der Waals surface area contributed by atoms with Gasteiger partial charge in [0.1, 0.15) is 0 Å². The highest BCUT2D eigenvalue weighted by Gasteiger charge is 2.58. The molecule has 0 spiro atoms. The first kappa shape index (κ1) is 17.6. The van der Waals surface area contributed by atoms with Crippen LogP contribution < -0.4 is 0 Å². The molecule has 2 rings (SSSR count). The quantitative estimate of drug-likeness (QED) is 0.712. The van der Waals surface area contributed by atoms with E-state index >= 15 is 0 Å². The van der Waals surface area contributed by atoms with Gasteiger partial charge in [-0.05, 0) is 38.8 Å². The Morgan fingerprint density at radius 1 is 1.18 bits per heavy atom. The zero-order chi connectivity index (χ0) is 16.1. The summed E-state index contributed by atoms with van der Waals surface area (Å²) in [6.45, 7) is 10.1. The van der Waals surface area contributed by atoms with Crippen molar-refractivity contribution >= 4 is 8.56 Å². The third kappa shape index (κ3) is 3.60.